The van der Waals surface area contributed by atoms with Gasteiger partial charge >= 0.3 is 6.18 Å². The minimum atomic E-state index is -4.30. The summed E-state index contributed by atoms with van der Waals surface area (Å²) in [5.74, 6) is 0.576. The zero-order valence-corrected chi connectivity index (χ0v) is 20.8. The van der Waals surface area contributed by atoms with E-state index in [2.05, 4.69) is 28.1 Å². The number of carbonyl (C=O) groups is 1. The number of hydrogen-bond acceptors (Lipinski definition) is 4. The van der Waals surface area contributed by atoms with Crippen LogP contribution in [0.2, 0.25) is 0 Å². The molecule has 1 aromatic carbocycles. The molecule has 3 heterocycles. The maximum absolute atomic E-state index is 12.6. The van der Waals surface area contributed by atoms with Crippen LogP contribution in [-0.4, -0.2) is 59.7 Å². The first kappa shape index (κ1) is 26.5. The van der Waals surface area contributed by atoms with Crippen LogP contribution in [-0.2, 0) is 17.8 Å². The highest BCUT2D eigenvalue weighted by Gasteiger charge is 2.38. The van der Waals surface area contributed by atoms with Crippen molar-refractivity contribution in [3.8, 4) is 5.75 Å². The molecule has 36 heavy (non-hydrogen) atoms. The van der Waals surface area contributed by atoms with Gasteiger partial charge in [0.1, 0.15) is 12.4 Å². The summed E-state index contributed by atoms with van der Waals surface area (Å²) < 4.78 is 44.0. The van der Waals surface area contributed by atoms with Crippen LogP contribution in [0, 0.1) is 5.41 Å². The number of nitrogens with zero attached hydrogens (tertiary/aromatic N) is 3. The minimum Gasteiger partial charge on any atom is -0.492 e. The SMILES string of the molecule is O=C(CCC(F)(F)F)N1CCC2(CCCCc3ccccc3OCCN(Cc3cccnc3)C2)CC1. The molecule has 4 rings (SSSR count). The number of aromatic nitrogens is 1. The molecule has 2 aliphatic rings. The molecular formula is C28H36F3N3O2. The molecule has 2 aliphatic heterocycles. The van der Waals surface area contributed by atoms with E-state index >= 15 is 0 Å². The predicted molar refractivity (Wildman–Crippen MR) is 133 cm³/mol. The number of rotatable bonds is 4. The number of alkyl halides is 3. The van der Waals surface area contributed by atoms with Gasteiger partial charge in [0.25, 0.3) is 0 Å². The van der Waals surface area contributed by atoms with E-state index in [1.165, 1.54) is 5.56 Å². The lowest BCUT2D eigenvalue weighted by Crippen LogP contribution is -2.48. The molecule has 0 radical (unpaired) electrons. The van der Waals surface area contributed by atoms with Crippen LogP contribution in [0.3, 0.4) is 0 Å². The maximum atomic E-state index is 12.6. The predicted octanol–water partition coefficient (Wildman–Crippen LogP) is 5.64. The number of ether oxygens (including phenoxy) is 1. The molecule has 1 spiro atoms. The third kappa shape index (κ3) is 7.69. The van der Waals surface area contributed by atoms with Gasteiger partial charge in [-0.2, -0.15) is 13.2 Å². The second-order valence-corrected chi connectivity index (χ2v) is 10.2. The molecular weight excluding hydrogens is 467 g/mol. The first-order valence-corrected chi connectivity index (χ1v) is 13.0. The first-order chi connectivity index (χ1) is 17.3. The Bertz CT molecular complexity index is 976. The summed E-state index contributed by atoms with van der Waals surface area (Å²) in [6.45, 7) is 4.02. The van der Waals surface area contributed by atoms with E-state index in [-0.39, 0.29) is 11.3 Å². The topological polar surface area (TPSA) is 45.7 Å². The average molecular weight is 504 g/mol. The highest BCUT2D eigenvalue weighted by atomic mass is 19.4. The number of benzene rings is 1. The van der Waals surface area contributed by atoms with Gasteiger partial charge in [0.15, 0.2) is 0 Å². The van der Waals surface area contributed by atoms with Gasteiger partial charge in [0.2, 0.25) is 5.91 Å². The fraction of sp³-hybridized carbons (Fsp3) is 0.571. The number of likely N-dealkylation sites (tertiary alicyclic amines) is 1. The Balaban J connectivity index is 1.46. The van der Waals surface area contributed by atoms with Crippen molar-refractivity contribution in [3.05, 3.63) is 59.9 Å². The number of halogens is 3. The van der Waals surface area contributed by atoms with E-state index in [1.807, 2.05) is 24.4 Å². The first-order valence-electron chi connectivity index (χ1n) is 13.0. The summed E-state index contributed by atoms with van der Waals surface area (Å²) in [5.41, 5.74) is 2.40. The summed E-state index contributed by atoms with van der Waals surface area (Å²) in [6, 6.07) is 12.3. The second-order valence-electron chi connectivity index (χ2n) is 10.2. The Morgan fingerprint density at radius 1 is 1.03 bits per heavy atom. The van der Waals surface area contributed by atoms with E-state index in [9.17, 15) is 18.0 Å². The standard InChI is InChI=1S/C28H36F3N3O2/c29-28(30,31)12-10-26(35)34-16-13-27(14-17-34)11-4-3-8-24-7-1-2-9-25(24)36-19-18-33(22-27)21-23-6-5-15-32-20-23/h1-2,5-7,9,15,20H,3-4,8,10-14,16-19,21-22H2. The Labute approximate surface area is 211 Å². The lowest BCUT2D eigenvalue weighted by atomic mass is 9.73. The zero-order valence-electron chi connectivity index (χ0n) is 20.8. The van der Waals surface area contributed by atoms with E-state index < -0.39 is 19.0 Å². The summed E-state index contributed by atoms with van der Waals surface area (Å²) >= 11 is 0. The van der Waals surface area contributed by atoms with Crippen molar-refractivity contribution >= 4 is 5.91 Å². The molecule has 0 unspecified atom stereocenters. The number of fused-ring (bicyclic) bond motifs is 1. The molecule has 1 aromatic heterocycles. The largest absolute Gasteiger partial charge is 0.492 e. The number of pyridine rings is 1. The van der Waals surface area contributed by atoms with Gasteiger partial charge in [0, 0.05) is 51.5 Å². The minimum absolute atomic E-state index is 0.0295. The van der Waals surface area contributed by atoms with Gasteiger partial charge < -0.3 is 9.64 Å². The fourth-order valence-corrected chi connectivity index (χ4v) is 5.51. The van der Waals surface area contributed by atoms with Crippen LogP contribution in [0.4, 0.5) is 13.2 Å². The maximum Gasteiger partial charge on any atom is 0.389 e. The molecule has 5 nitrogen and oxygen atoms in total. The van der Waals surface area contributed by atoms with Crippen LogP contribution < -0.4 is 4.74 Å². The van der Waals surface area contributed by atoms with Crippen LogP contribution >= 0.6 is 0 Å². The van der Waals surface area contributed by atoms with E-state index in [1.54, 1.807) is 11.1 Å². The third-order valence-electron chi connectivity index (χ3n) is 7.53. The van der Waals surface area contributed by atoms with Crippen LogP contribution in [0.1, 0.15) is 56.1 Å². The molecule has 2 aromatic rings. The molecule has 0 atom stereocenters. The number of piperidine rings is 1. The Kier molecular flexibility index (Phi) is 8.88. The van der Waals surface area contributed by atoms with Gasteiger partial charge in [-0.1, -0.05) is 30.7 Å². The number of amides is 1. The molecule has 1 amide bonds. The quantitative estimate of drug-likeness (QED) is 0.542. The van der Waals surface area contributed by atoms with Crippen molar-refractivity contribution in [1.82, 2.24) is 14.8 Å². The van der Waals surface area contributed by atoms with Crippen molar-refractivity contribution in [2.75, 3.05) is 32.8 Å². The Morgan fingerprint density at radius 2 is 1.83 bits per heavy atom. The molecule has 8 heteroatoms. The normalized spacial score (nSPS) is 19.6. The smallest absolute Gasteiger partial charge is 0.389 e. The van der Waals surface area contributed by atoms with Crippen LogP contribution in [0.25, 0.3) is 0 Å². The highest BCUT2D eigenvalue weighted by Crippen LogP contribution is 2.39. The van der Waals surface area contributed by atoms with E-state index in [0.717, 1.165) is 69.5 Å². The van der Waals surface area contributed by atoms with Crippen LogP contribution in [0.15, 0.2) is 48.8 Å². The van der Waals surface area contributed by atoms with Gasteiger partial charge in [-0.25, -0.2) is 0 Å². The molecule has 0 bridgehead atoms. The van der Waals surface area contributed by atoms with Gasteiger partial charge in [0.05, 0.1) is 6.42 Å². The monoisotopic (exact) mass is 503 g/mol. The van der Waals surface area contributed by atoms with Crippen molar-refractivity contribution in [1.29, 1.82) is 0 Å². The molecule has 0 saturated carbocycles. The lowest BCUT2D eigenvalue weighted by Gasteiger charge is -2.45. The highest BCUT2D eigenvalue weighted by molar-refractivity contribution is 5.76. The molecule has 0 aliphatic carbocycles. The van der Waals surface area contributed by atoms with Crippen molar-refractivity contribution in [2.24, 2.45) is 5.41 Å². The second kappa shape index (κ2) is 12.1. The van der Waals surface area contributed by atoms with Gasteiger partial charge in [-0.3, -0.25) is 14.7 Å². The Hall–Kier alpha value is -2.61. The average Bonchev–Trinajstić information content (AvgIpc) is 2.86. The lowest BCUT2D eigenvalue weighted by molar-refractivity contribution is -0.150. The molecule has 1 saturated heterocycles. The summed E-state index contributed by atoms with van der Waals surface area (Å²) in [4.78, 5) is 20.8. The van der Waals surface area contributed by atoms with Gasteiger partial charge in [-0.05, 0) is 60.8 Å². The van der Waals surface area contributed by atoms with Crippen molar-refractivity contribution < 1.29 is 22.7 Å². The fourth-order valence-electron chi connectivity index (χ4n) is 5.51. The number of carbonyl (C=O) groups excluding carboxylic acids is 1. The third-order valence-corrected chi connectivity index (χ3v) is 7.53. The number of aryl methyl sites for hydroxylation is 1. The van der Waals surface area contributed by atoms with E-state index in [4.69, 9.17) is 4.74 Å². The summed E-state index contributed by atoms with van der Waals surface area (Å²) in [6.07, 6.45) is 3.61. The summed E-state index contributed by atoms with van der Waals surface area (Å²) in [7, 11) is 0. The van der Waals surface area contributed by atoms with Crippen molar-refractivity contribution in [2.45, 2.75) is 64.1 Å². The number of hydrogen-bond donors (Lipinski definition) is 0. The molecule has 1 fully saturated rings. The van der Waals surface area contributed by atoms with E-state index in [0.29, 0.717) is 19.7 Å². The summed E-state index contributed by atoms with van der Waals surface area (Å²) in [5, 5.41) is 0. The molecule has 196 valence electrons. The number of para-hydroxylation sites is 1. The van der Waals surface area contributed by atoms with Crippen LogP contribution in [0.5, 0.6) is 5.75 Å². The molecule has 0 N–H and O–H groups in total. The van der Waals surface area contributed by atoms with Gasteiger partial charge in [-0.15, -0.1) is 0 Å². The van der Waals surface area contributed by atoms with Crippen molar-refractivity contribution in [3.63, 3.8) is 0 Å². The Morgan fingerprint density at radius 3 is 2.58 bits per heavy atom. The zero-order chi connectivity index (χ0) is 25.4.